The highest BCUT2D eigenvalue weighted by Gasteiger charge is 2.21. The van der Waals surface area contributed by atoms with Crippen LogP contribution in [0.2, 0.25) is 0 Å². The molecule has 2 heterocycles. The second-order valence-corrected chi connectivity index (χ2v) is 9.47. The molecule has 1 aliphatic rings. The number of rotatable bonds is 7. The first-order valence-electron chi connectivity index (χ1n) is 10.1. The third kappa shape index (κ3) is 7.76. The van der Waals surface area contributed by atoms with Crippen LogP contribution < -0.4 is 10.6 Å². The van der Waals surface area contributed by atoms with Crippen LogP contribution in [0.4, 0.5) is 0 Å². The molecule has 0 saturated carbocycles. The fourth-order valence-corrected chi connectivity index (χ4v) is 3.92. The molecule has 0 bridgehead atoms. The van der Waals surface area contributed by atoms with Crippen molar-refractivity contribution in [2.75, 3.05) is 39.3 Å². The standard InChI is InChI=1S/C20H37N5OS/c1-7-21-19(22-10-16-14-27-18(24-16)20(4,5)6)23-11-17-13-25(8-9-26-17)12-15(2)3/h14-15,17H,7-13H2,1-6H3,(H2,21,22,23). The van der Waals surface area contributed by atoms with Gasteiger partial charge in [-0.3, -0.25) is 4.90 Å². The Hall–Kier alpha value is -1.18. The number of hydrogen-bond donors (Lipinski definition) is 2. The van der Waals surface area contributed by atoms with Gasteiger partial charge in [-0.1, -0.05) is 34.6 Å². The molecular weight excluding hydrogens is 358 g/mol. The van der Waals surface area contributed by atoms with Crippen LogP contribution in [0.3, 0.4) is 0 Å². The number of nitrogens with zero attached hydrogens (tertiary/aromatic N) is 3. The molecule has 6 nitrogen and oxygen atoms in total. The van der Waals surface area contributed by atoms with Crippen LogP contribution in [0.25, 0.3) is 0 Å². The number of aliphatic imine (C=N–C) groups is 1. The van der Waals surface area contributed by atoms with Crippen molar-refractivity contribution in [3.8, 4) is 0 Å². The summed E-state index contributed by atoms with van der Waals surface area (Å²) in [6, 6.07) is 0. The molecule has 0 spiro atoms. The smallest absolute Gasteiger partial charge is 0.191 e. The Balaban J connectivity index is 1.87. The van der Waals surface area contributed by atoms with E-state index in [1.807, 2.05) is 0 Å². The van der Waals surface area contributed by atoms with Crippen molar-refractivity contribution in [3.63, 3.8) is 0 Å². The molecule has 0 aliphatic carbocycles. The fourth-order valence-electron chi connectivity index (χ4n) is 3.02. The number of thiazole rings is 1. The quantitative estimate of drug-likeness (QED) is 0.549. The third-order valence-electron chi connectivity index (χ3n) is 4.28. The van der Waals surface area contributed by atoms with Crippen LogP contribution >= 0.6 is 11.3 Å². The molecule has 27 heavy (non-hydrogen) atoms. The highest BCUT2D eigenvalue weighted by atomic mass is 32.1. The number of nitrogens with one attached hydrogen (secondary N) is 2. The predicted molar refractivity (Wildman–Crippen MR) is 115 cm³/mol. The van der Waals surface area contributed by atoms with Crippen molar-refractivity contribution in [1.29, 1.82) is 0 Å². The molecule has 0 amide bonds. The van der Waals surface area contributed by atoms with Gasteiger partial charge in [-0.15, -0.1) is 11.3 Å². The van der Waals surface area contributed by atoms with Gasteiger partial charge in [0.15, 0.2) is 5.96 Å². The second kappa shape index (κ2) is 10.4. The molecular formula is C20H37N5OS. The van der Waals surface area contributed by atoms with Gasteiger partial charge in [0.2, 0.25) is 0 Å². The van der Waals surface area contributed by atoms with E-state index >= 15 is 0 Å². The van der Waals surface area contributed by atoms with Crippen molar-refractivity contribution >= 4 is 17.3 Å². The van der Waals surface area contributed by atoms with Crippen molar-refractivity contribution < 1.29 is 4.74 Å². The lowest BCUT2D eigenvalue weighted by atomic mass is 9.98. The lowest BCUT2D eigenvalue weighted by Crippen LogP contribution is -2.50. The van der Waals surface area contributed by atoms with Gasteiger partial charge in [-0.2, -0.15) is 0 Å². The average Bonchev–Trinajstić information content (AvgIpc) is 3.06. The van der Waals surface area contributed by atoms with Crippen molar-refractivity contribution in [3.05, 3.63) is 16.1 Å². The topological polar surface area (TPSA) is 61.8 Å². The van der Waals surface area contributed by atoms with E-state index in [0.717, 1.165) is 56.0 Å². The van der Waals surface area contributed by atoms with Gasteiger partial charge in [-0.05, 0) is 12.8 Å². The van der Waals surface area contributed by atoms with Crippen LogP contribution in [0.1, 0.15) is 52.2 Å². The molecule has 0 radical (unpaired) electrons. The van der Waals surface area contributed by atoms with Gasteiger partial charge in [0.1, 0.15) is 0 Å². The SMILES string of the molecule is CCNC(=NCc1csc(C(C)(C)C)n1)NCC1CN(CC(C)C)CCO1. The highest BCUT2D eigenvalue weighted by molar-refractivity contribution is 7.09. The number of guanidine groups is 1. The minimum absolute atomic E-state index is 0.0928. The summed E-state index contributed by atoms with van der Waals surface area (Å²) in [7, 11) is 0. The van der Waals surface area contributed by atoms with Gasteiger partial charge in [-0.25, -0.2) is 9.98 Å². The number of hydrogen-bond acceptors (Lipinski definition) is 5. The monoisotopic (exact) mass is 395 g/mol. The minimum Gasteiger partial charge on any atom is -0.374 e. The van der Waals surface area contributed by atoms with E-state index in [2.05, 4.69) is 62.5 Å². The van der Waals surface area contributed by atoms with E-state index in [4.69, 9.17) is 14.7 Å². The summed E-state index contributed by atoms with van der Waals surface area (Å²) in [5, 5.41) is 10.0. The first-order chi connectivity index (χ1) is 12.8. The van der Waals surface area contributed by atoms with Crippen LogP contribution in [-0.4, -0.2) is 61.3 Å². The lowest BCUT2D eigenvalue weighted by Gasteiger charge is -2.34. The molecule has 2 N–H and O–H groups in total. The average molecular weight is 396 g/mol. The fraction of sp³-hybridized carbons (Fsp3) is 0.800. The maximum atomic E-state index is 5.92. The van der Waals surface area contributed by atoms with E-state index in [1.54, 1.807) is 11.3 Å². The largest absolute Gasteiger partial charge is 0.374 e. The Labute approximate surface area is 168 Å². The predicted octanol–water partition coefficient (Wildman–Crippen LogP) is 2.85. The molecule has 1 aromatic rings. The summed E-state index contributed by atoms with van der Waals surface area (Å²) in [5.74, 6) is 1.51. The molecule has 2 rings (SSSR count). The molecule has 1 unspecified atom stereocenters. The third-order valence-corrected chi connectivity index (χ3v) is 5.60. The van der Waals surface area contributed by atoms with Crippen molar-refractivity contribution in [2.45, 2.75) is 59.6 Å². The summed E-state index contributed by atoms with van der Waals surface area (Å²) in [4.78, 5) is 11.9. The van der Waals surface area contributed by atoms with Gasteiger partial charge >= 0.3 is 0 Å². The number of aromatic nitrogens is 1. The van der Waals surface area contributed by atoms with Gasteiger partial charge < -0.3 is 15.4 Å². The maximum Gasteiger partial charge on any atom is 0.191 e. The van der Waals surface area contributed by atoms with Gasteiger partial charge in [0.05, 0.1) is 30.0 Å². The number of morpholine rings is 1. The summed E-state index contributed by atoms with van der Waals surface area (Å²) in [6.07, 6.45) is 0.202. The minimum atomic E-state index is 0.0928. The van der Waals surface area contributed by atoms with E-state index < -0.39 is 0 Å². The molecule has 1 aromatic heterocycles. The van der Waals surface area contributed by atoms with Gasteiger partial charge in [0.25, 0.3) is 0 Å². The first kappa shape index (κ1) is 22.1. The normalized spacial score (nSPS) is 19.5. The Bertz CT molecular complexity index is 593. The Morgan fingerprint density at radius 2 is 2.19 bits per heavy atom. The van der Waals surface area contributed by atoms with Crippen LogP contribution in [0.5, 0.6) is 0 Å². The van der Waals surface area contributed by atoms with E-state index in [0.29, 0.717) is 12.5 Å². The van der Waals surface area contributed by atoms with Crippen molar-refractivity contribution in [1.82, 2.24) is 20.5 Å². The summed E-state index contributed by atoms with van der Waals surface area (Å²) >= 11 is 1.72. The second-order valence-electron chi connectivity index (χ2n) is 8.62. The zero-order valence-electron chi connectivity index (χ0n) is 17.8. The lowest BCUT2D eigenvalue weighted by molar-refractivity contribution is -0.0284. The number of ether oxygens (including phenoxy) is 1. The molecule has 1 saturated heterocycles. The Morgan fingerprint density at radius 3 is 2.81 bits per heavy atom. The Morgan fingerprint density at radius 1 is 1.41 bits per heavy atom. The highest BCUT2D eigenvalue weighted by Crippen LogP contribution is 2.25. The molecule has 1 aliphatic heterocycles. The van der Waals surface area contributed by atoms with E-state index in [9.17, 15) is 0 Å². The summed E-state index contributed by atoms with van der Waals surface area (Å²) < 4.78 is 5.92. The zero-order valence-corrected chi connectivity index (χ0v) is 18.7. The molecule has 154 valence electrons. The van der Waals surface area contributed by atoms with Crippen LogP contribution in [-0.2, 0) is 16.7 Å². The van der Waals surface area contributed by atoms with E-state index in [-0.39, 0.29) is 11.5 Å². The van der Waals surface area contributed by atoms with Gasteiger partial charge in [0, 0.05) is 43.5 Å². The summed E-state index contributed by atoms with van der Waals surface area (Å²) in [5.41, 5.74) is 1.12. The Kier molecular flexibility index (Phi) is 8.51. The summed E-state index contributed by atoms with van der Waals surface area (Å²) in [6.45, 7) is 19.3. The van der Waals surface area contributed by atoms with E-state index in [1.165, 1.54) is 0 Å². The molecule has 7 heteroatoms. The molecule has 1 atom stereocenters. The molecule has 1 fully saturated rings. The van der Waals surface area contributed by atoms with Crippen LogP contribution in [0, 0.1) is 5.92 Å². The molecule has 0 aromatic carbocycles. The zero-order chi connectivity index (χ0) is 19.9. The first-order valence-corrected chi connectivity index (χ1v) is 11.0. The maximum absolute atomic E-state index is 5.92. The van der Waals surface area contributed by atoms with Crippen LogP contribution in [0.15, 0.2) is 10.4 Å². The van der Waals surface area contributed by atoms with Crippen molar-refractivity contribution in [2.24, 2.45) is 10.9 Å².